The third-order valence-corrected chi connectivity index (χ3v) is 4.43. The third-order valence-electron chi connectivity index (χ3n) is 2.30. The van der Waals surface area contributed by atoms with E-state index in [0.29, 0.717) is 19.6 Å². The minimum atomic E-state index is -3.74. The Morgan fingerprint density at radius 1 is 1.47 bits per heavy atom. The predicted octanol–water partition coefficient (Wildman–Crippen LogP) is 1.88. The summed E-state index contributed by atoms with van der Waals surface area (Å²) in [5.74, 6) is -0.604. The predicted molar refractivity (Wildman–Crippen MR) is 74.8 cm³/mol. The topological polar surface area (TPSA) is 81.4 Å². The zero-order valence-electron chi connectivity index (χ0n) is 10.4. The molecule has 0 amide bonds. The molecule has 1 aromatic rings. The highest BCUT2D eigenvalue weighted by Crippen LogP contribution is 2.25. The van der Waals surface area contributed by atoms with Gasteiger partial charge in [0.05, 0.1) is 10.2 Å². The Bertz CT molecular complexity index is 537. The lowest BCUT2D eigenvalue weighted by Gasteiger charge is -2.10. The van der Waals surface area contributed by atoms with E-state index in [1.165, 1.54) is 0 Å². The molecule has 0 saturated heterocycles. The van der Waals surface area contributed by atoms with Crippen molar-refractivity contribution in [3.63, 3.8) is 0 Å². The van der Waals surface area contributed by atoms with Gasteiger partial charge in [-0.15, -0.1) is 0 Å². The van der Waals surface area contributed by atoms with Crippen LogP contribution in [0.4, 0.5) is 10.1 Å². The average Bonchev–Trinajstić information content (AvgIpc) is 2.33. The van der Waals surface area contributed by atoms with Gasteiger partial charge in [0.1, 0.15) is 10.7 Å². The van der Waals surface area contributed by atoms with E-state index in [9.17, 15) is 12.8 Å². The Kier molecular flexibility index (Phi) is 6.18. The molecule has 0 saturated carbocycles. The van der Waals surface area contributed by atoms with Crippen LogP contribution in [0.25, 0.3) is 0 Å². The third kappa shape index (κ3) is 4.72. The van der Waals surface area contributed by atoms with Crippen LogP contribution < -0.4 is 10.5 Å². The van der Waals surface area contributed by atoms with Crippen molar-refractivity contribution in [1.82, 2.24) is 4.72 Å². The molecule has 1 rings (SSSR count). The van der Waals surface area contributed by atoms with Crippen LogP contribution >= 0.6 is 15.9 Å². The average molecular weight is 355 g/mol. The van der Waals surface area contributed by atoms with Crippen molar-refractivity contribution < 1.29 is 17.5 Å². The number of rotatable bonds is 7. The van der Waals surface area contributed by atoms with E-state index in [0.717, 1.165) is 12.1 Å². The van der Waals surface area contributed by atoms with E-state index in [-0.39, 0.29) is 21.6 Å². The van der Waals surface area contributed by atoms with Crippen molar-refractivity contribution in [2.24, 2.45) is 0 Å². The Balaban J connectivity index is 2.75. The summed E-state index contributed by atoms with van der Waals surface area (Å²) in [4.78, 5) is -0.141. The van der Waals surface area contributed by atoms with Gasteiger partial charge in [0.2, 0.25) is 10.0 Å². The number of halogens is 2. The molecule has 0 radical (unpaired) electrons. The second-order valence-electron chi connectivity index (χ2n) is 3.75. The fraction of sp³-hybridized carbons (Fsp3) is 0.455. The largest absolute Gasteiger partial charge is 0.398 e. The highest BCUT2D eigenvalue weighted by atomic mass is 79.9. The van der Waals surface area contributed by atoms with Crippen molar-refractivity contribution in [1.29, 1.82) is 0 Å². The van der Waals surface area contributed by atoms with Crippen LogP contribution in [0.15, 0.2) is 21.5 Å². The molecule has 0 aliphatic carbocycles. The van der Waals surface area contributed by atoms with E-state index in [2.05, 4.69) is 20.7 Å². The number of anilines is 1. The lowest BCUT2D eigenvalue weighted by molar-refractivity contribution is 0.146. The first kappa shape index (κ1) is 16.4. The van der Waals surface area contributed by atoms with Gasteiger partial charge in [-0.2, -0.15) is 0 Å². The summed E-state index contributed by atoms with van der Waals surface area (Å²) in [6.07, 6.45) is 0.551. The van der Waals surface area contributed by atoms with Gasteiger partial charge < -0.3 is 10.5 Å². The van der Waals surface area contributed by atoms with E-state index in [1.54, 1.807) is 0 Å². The van der Waals surface area contributed by atoms with Crippen LogP contribution in [0.3, 0.4) is 0 Å². The van der Waals surface area contributed by atoms with E-state index in [4.69, 9.17) is 10.5 Å². The van der Waals surface area contributed by atoms with Crippen LogP contribution in [0.5, 0.6) is 0 Å². The summed E-state index contributed by atoms with van der Waals surface area (Å²) < 4.78 is 44.7. The smallest absolute Gasteiger partial charge is 0.242 e. The Labute approximate surface area is 120 Å². The molecular weight excluding hydrogens is 339 g/mol. The fourth-order valence-electron chi connectivity index (χ4n) is 1.38. The van der Waals surface area contributed by atoms with Gasteiger partial charge in [-0.05, 0) is 41.4 Å². The highest BCUT2D eigenvalue weighted by molar-refractivity contribution is 9.10. The van der Waals surface area contributed by atoms with Crippen LogP contribution in [0.1, 0.15) is 13.3 Å². The van der Waals surface area contributed by atoms with Crippen LogP contribution in [-0.2, 0) is 14.8 Å². The molecule has 0 fully saturated rings. The molecule has 0 heterocycles. The molecule has 0 atom stereocenters. The summed E-state index contributed by atoms with van der Waals surface area (Å²) in [5, 5.41) is 0. The number of hydrogen-bond acceptors (Lipinski definition) is 4. The molecule has 0 aromatic heterocycles. The van der Waals surface area contributed by atoms with Gasteiger partial charge in [0.25, 0.3) is 0 Å². The quantitative estimate of drug-likeness (QED) is 0.578. The molecule has 19 heavy (non-hydrogen) atoms. The first-order valence-electron chi connectivity index (χ1n) is 5.70. The van der Waals surface area contributed by atoms with Crippen LogP contribution in [0.2, 0.25) is 0 Å². The molecule has 108 valence electrons. The maximum absolute atomic E-state index is 13.2. The minimum absolute atomic E-state index is 0.0522. The lowest BCUT2D eigenvalue weighted by atomic mass is 10.3. The number of nitrogens with one attached hydrogen (secondary N) is 1. The maximum Gasteiger partial charge on any atom is 0.242 e. The number of hydrogen-bond donors (Lipinski definition) is 2. The fourth-order valence-corrected chi connectivity index (χ4v) is 3.09. The normalized spacial score (nSPS) is 11.7. The van der Waals surface area contributed by atoms with Crippen molar-refractivity contribution in [3.8, 4) is 0 Å². The SMILES string of the molecule is CCOCCCNS(=O)(=O)c1cc(Br)c(F)cc1N. The standard InChI is InChI=1S/C11H16BrFN2O3S/c1-2-18-5-3-4-15-19(16,17)11-6-8(12)9(13)7-10(11)14/h6-7,15H,2-5,14H2,1H3. The van der Waals surface area contributed by atoms with Crippen molar-refractivity contribution in [2.45, 2.75) is 18.2 Å². The molecule has 3 N–H and O–H groups in total. The molecule has 1 aromatic carbocycles. The Morgan fingerprint density at radius 3 is 2.79 bits per heavy atom. The molecular formula is C11H16BrFN2O3S. The molecule has 5 nitrogen and oxygen atoms in total. The van der Waals surface area contributed by atoms with E-state index < -0.39 is 15.8 Å². The molecule has 0 bridgehead atoms. The minimum Gasteiger partial charge on any atom is -0.398 e. The maximum atomic E-state index is 13.2. The zero-order chi connectivity index (χ0) is 14.5. The molecule has 0 aliphatic rings. The molecule has 0 unspecified atom stereocenters. The Morgan fingerprint density at radius 2 is 2.16 bits per heavy atom. The van der Waals surface area contributed by atoms with Crippen molar-refractivity contribution in [2.75, 3.05) is 25.5 Å². The number of benzene rings is 1. The first-order chi connectivity index (χ1) is 8.88. The summed E-state index contributed by atoms with van der Waals surface area (Å²) in [6.45, 7) is 3.16. The molecule has 0 spiro atoms. The first-order valence-corrected chi connectivity index (χ1v) is 7.98. The van der Waals surface area contributed by atoms with Gasteiger partial charge in [-0.3, -0.25) is 0 Å². The summed E-state index contributed by atoms with van der Waals surface area (Å²) >= 11 is 2.93. The van der Waals surface area contributed by atoms with Crippen molar-refractivity contribution >= 4 is 31.6 Å². The molecule has 0 aliphatic heterocycles. The summed E-state index contributed by atoms with van der Waals surface area (Å²) in [7, 11) is -3.74. The number of nitrogen functional groups attached to an aromatic ring is 1. The van der Waals surface area contributed by atoms with Gasteiger partial charge in [0, 0.05) is 19.8 Å². The van der Waals surface area contributed by atoms with Crippen molar-refractivity contribution in [3.05, 3.63) is 22.4 Å². The van der Waals surface area contributed by atoms with Gasteiger partial charge in [-0.25, -0.2) is 17.5 Å². The van der Waals surface area contributed by atoms with Crippen LogP contribution in [-0.4, -0.2) is 28.2 Å². The second kappa shape index (κ2) is 7.18. The van der Waals surface area contributed by atoms with Gasteiger partial charge in [0.15, 0.2) is 0 Å². The Hall–Kier alpha value is -0.700. The number of sulfonamides is 1. The van der Waals surface area contributed by atoms with E-state index >= 15 is 0 Å². The van der Waals surface area contributed by atoms with Crippen LogP contribution in [0, 0.1) is 5.82 Å². The number of ether oxygens (including phenoxy) is 1. The summed E-state index contributed by atoms with van der Waals surface area (Å²) in [5.41, 5.74) is 5.40. The summed E-state index contributed by atoms with van der Waals surface area (Å²) in [6, 6.07) is 2.12. The highest BCUT2D eigenvalue weighted by Gasteiger charge is 2.19. The zero-order valence-corrected chi connectivity index (χ0v) is 12.9. The molecule has 8 heteroatoms. The monoisotopic (exact) mass is 354 g/mol. The van der Waals surface area contributed by atoms with E-state index in [1.807, 2.05) is 6.92 Å². The lowest BCUT2D eigenvalue weighted by Crippen LogP contribution is -2.26. The van der Waals surface area contributed by atoms with Gasteiger partial charge in [-0.1, -0.05) is 0 Å². The second-order valence-corrected chi connectivity index (χ2v) is 6.34. The number of nitrogens with two attached hydrogens (primary N) is 1. The van der Waals surface area contributed by atoms with Gasteiger partial charge >= 0.3 is 0 Å².